The zero-order valence-corrected chi connectivity index (χ0v) is 11.3. The van der Waals surface area contributed by atoms with Crippen molar-refractivity contribution in [3.63, 3.8) is 0 Å². The number of carbonyl (C=O) groups excluding carboxylic acids is 1. The number of amides is 1. The largest absolute Gasteiger partial charge is 0.330 e. The number of halogens is 1. The molecule has 4 nitrogen and oxygen atoms in total. The molecule has 0 aliphatic carbocycles. The summed E-state index contributed by atoms with van der Waals surface area (Å²) in [6.07, 6.45) is 0.662. The summed E-state index contributed by atoms with van der Waals surface area (Å²) in [7, 11) is 0. The number of nitrogens with zero attached hydrogens (tertiary/aromatic N) is 1. The quantitative estimate of drug-likeness (QED) is 0.902. The maximum atomic E-state index is 12.8. The third-order valence-corrected chi connectivity index (χ3v) is 3.72. The van der Waals surface area contributed by atoms with Crippen molar-refractivity contribution >= 4 is 22.9 Å². The van der Waals surface area contributed by atoms with Gasteiger partial charge in [0.05, 0.1) is 10.7 Å². The van der Waals surface area contributed by atoms with Gasteiger partial charge < -0.3 is 11.1 Å². The monoisotopic (exact) mass is 279 g/mol. The van der Waals surface area contributed by atoms with Crippen LogP contribution in [0.4, 0.5) is 10.1 Å². The topological polar surface area (TPSA) is 68.0 Å². The van der Waals surface area contributed by atoms with E-state index >= 15 is 0 Å². The van der Waals surface area contributed by atoms with E-state index in [0.717, 1.165) is 5.01 Å². The molecule has 0 aliphatic heterocycles. The second-order valence-corrected chi connectivity index (χ2v) is 5.11. The SMILES string of the molecule is Cc1nc(CCN)sc1C(=O)Nc1ccc(F)cc1. The van der Waals surface area contributed by atoms with Crippen molar-refractivity contribution in [3.05, 3.63) is 45.7 Å². The van der Waals surface area contributed by atoms with Crippen LogP contribution < -0.4 is 11.1 Å². The summed E-state index contributed by atoms with van der Waals surface area (Å²) in [5.74, 6) is -0.568. The van der Waals surface area contributed by atoms with Crippen molar-refractivity contribution in [3.8, 4) is 0 Å². The Labute approximate surface area is 114 Å². The predicted octanol–water partition coefficient (Wildman–Crippen LogP) is 2.34. The van der Waals surface area contributed by atoms with Gasteiger partial charge in [-0.3, -0.25) is 4.79 Å². The van der Waals surface area contributed by atoms with E-state index in [1.807, 2.05) is 0 Å². The number of benzene rings is 1. The summed E-state index contributed by atoms with van der Waals surface area (Å²) in [5, 5.41) is 3.57. The van der Waals surface area contributed by atoms with Crippen molar-refractivity contribution < 1.29 is 9.18 Å². The van der Waals surface area contributed by atoms with E-state index in [0.29, 0.717) is 29.2 Å². The molecule has 0 unspecified atom stereocenters. The summed E-state index contributed by atoms with van der Waals surface area (Å²) in [4.78, 5) is 16.9. The zero-order valence-electron chi connectivity index (χ0n) is 10.4. The molecule has 3 N–H and O–H groups in total. The molecule has 1 aromatic carbocycles. The van der Waals surface area contributed by atoms with Crippen LogP contribution in [-0.4, -0.2) is 17.4 Å². The molecule has 1 aromatic heterocycles. The number of anilines is 1. The third-order valence-electron chi connectivity index (χ3n) is 2.51. The molecule has 0 fully saturated rings. The molecule has 0 aliphatic rings. The Morgan fingerprint density at radius 1 is 1.42 bits per heavy atom. The van der Waals surface area contributed by atoms with E-state index in [9.17, 15) is 9.18 Å². The Morgan fingerprint density at radius 2 is 2.11 bits per heavy atom. The van der Waals surface area contributed by atoms with Crippen LogP contribution in [0, 0.1) is 12.7 Å². The third kappa shape index (κ3) is 3.36. The summed E-state index contributed by atoms with van der Waals surface area (Å²) >= 11 is 1.34. The molecule has 19 heavy (non-hydrogen) atoms. The maximum Gasteiger partial charge on any atom is 0.267 e. The fourth-order valence-electron chi connectivity index (χ4n) is 1.61. The second kappa shape index (κ2) is 5.90. The molecule has 0 spiro atoms. The van der Waals surface area contributed by atoms with Gasteiger partial charge in [0, 0.05) is 12.1 Å². The highest BCUT2D eigenvalue weighted by Crippen LogP contribution is 2.20. The average molecular weight is 279 g/mol. The van der Waals surface area contributed by atoms with Crippen LogP contribution in [0.3, 0.4) is 0 Å². The van der Waals surface area contributed by atoms with Gasteiger partial charge in [0.25, 0.3) is 5.91 Å². The molecular weight excluding hydrogens is 265 g/mol. The van der Waals surface area contributed by atoms with E-state index in [4.69, 9.17) is 5.73 Å². The zero-order chi connectivity index (χ0) is 13.8. The Morgan fingerprint density at radius 3 is 2.74 bits per heavy atom. The molecule has 0 atom stereocenters. The van der Waals surface area contributed by atoms with Gasteiger partial charge in [0.1, 0.15) is 10.7 Å². The molecule has 2 rings (SSSR count). The minimum absolute atomic E-state index is 0.232. The van der Waals surface area contributed by atoms with E-state index < -0.39 is 0 Å². The minimum atomic E-state index is -0.336. The fraction of sp³-hybridized carbons (Fsp3) is 0.231. The Bertz CT molecular complexity index is 580. The first-order valence-corrected chi connectivity index (χ1v) is 6.65. The number of hydrogen-bond donors (Lipinski definition) is 2. The lowest BCUT2D eigenvalue weighted by atomic mass is 10.3. The first-order chi connectivity index (χ1) is 9.10. The number of thiazole rings is 1. The number of nitrogens with two attached hydrogens (primary N) is 1. The standard InChI is InChI=1S/C13H14FN3OS/c1-8-12(19-11(16-8)6-7-15)13(18)17-10-4-2-9(14)3-5-10/h2-5H,6-7,15H2,1H3,(H,17,18). The first-order valence-electron chi connectivity index (χ1n) is 5.83. The Balaban J connectivity index is 2.13. The molecule has 0 radical (unpaired) electrons. The van der Waals surface area contributed by atoms with Crippen molar-refractivity contribution in [2.24, 2.45) is 5.73 Å². The minimum Gasteiger partial charge on any atom is -0.330 e. The molecule has 100 valence electrons. The Kier molecular flexibility index (Phi) is 4.24. The summed E-state index contributed by atoms with van der Waals surface area (Å²) in [6, 6.07) is 5.64. The van der Waals surface area contributed by atoms with Crippen LogP contribution in [0.15, 0.2) is 24.3 Å². The lowest BCUT2D eigenvalue weighted by Gasteiger charge is -2.03. The molecule has 0 bridgehead atoms. The van der Waals surface area contributed by atoms with Crippen LogP contribution in [0.1, 0.15) is 20.4 Å². The van der Waals surface area contributed by atoms with Gasteiger partial charge in [0.15, 0.2) is 0 Å². The normalized spacial score (nSPS) is 10.5. The number of aryl methyl sites for hydroxylation is 1. The number of carbonyl (C=O) groups is 1. The van der Waals surface area contributed by atoms with Gasteiger partial charge in [-0.25, -0.2) is 9.37 Å². The highest BCUT2D eigenvalue weighted by atomic mass is 32.1. The predicted molar refractivity (Wildman–Crippen MR) is 74.0 cm³/mol. The maximum absolute atomic E-state index is 12.8. The fourth-order valence-corrected chi connectivity index (χ4v) is 2.59. The van der Waals surface area contributed by atoms with Crippen LogP contribution in [0.5, 0.6) is 0 Å². The van der Waals surface area contributed by atoms with Crippen molar-refractivity contribution in [1.29, 1.82) is 0 Å². The van der Waals surface area contributed by atoms with E-state index in [-0.39, 0.29) is 11.7 Å². The van der Waals surface area contributed by atoms with Crippen molar-refractivity contribution in [2.75, 3.05) is 11.9 Å². The van der Waals surface area contributed by atoms with Crippen LogP contribution >= 0.6 is 11.3 Å². The van der Waals surface area contributed by atoms with Crippen molar-refractivity contribution in [1.82, 2.24) is 4.98 Å². The van der Waals surface area contributed by atoms with Gasteiger partial charge in [-0.15, -0.1) is 11.3 Å². The van der Waals surface area contributed by atoms with Crippen LogP contribution in [0.25, 0.3) is 0 Å². The molecule has 2 aromatic rings. The van der Waals surface area contributed by atoms with Gasteiger partial charge >= 0.3 is 0 Å². The van der Waals surface area contributed by atoms with Gasteiger partial charge in [-0.1, -0.05) is 0 Å². The molecular formula is C13H14FN3OS. The summed E-state index contributed by atoms with van der Waals surface area (Å²) in [6.45, 7) is 2.29. The van der Waals surface area contributed by atoms with E-state index in [2.05, 4.69) is 10.3 Å². The lowest BCUT2D eigenvalue weighted by molar-refractivity contribution is 0.103. The highest BCUT2D eigenvalue weighted by Gasteiger charge is 2.15. The molecule has 0 saturated heterocycles. The highest BCUT2D eigenvalue weighted by molar-refractivity contribution is 7.13. The van der Waals surface area contributed by atoms with Gasteiger partial charge in [0.2, 0.25) is 0 Å². The molecule has 6 heteroatoms. The number of hydrogen-bond acceptors (Lipinski definition) is 4. The van der Waals surface area contributed by atoms with E-state index in [1.165, 1.54) is 35.6 Å². The lowest BCUT2D eigenvalue weighted by Crippen LogP contribution is -2.11. The van der Waals surface area contributed by atoms with Crippen LogP contribution in [0.2, 0.25) is 0 Å². The molecule has 0 saturated carbocycles. The van der Waals surface area contributed by atoms with Gasteiger partial charge in [-0.2, -0.15) is 0 Å². The Hall–Kier alpha value is -1.79. The summed E-state index contributed by atoms with van der Waals surface area (Å²) < 4.78 is 12.8. The second-order valence-electron chi connectivity index (χ2n) is 4.02. The number of aromatic nitrogens is 1. The number of rotatable bonds is 4. The van der Waals surface area contributed by atoms with Crippen LogP contribution in [-0.2, 0) is 6.42 Å². The van der Waals surface area contributed by atoms with Gasteiger partial charge in [-0.05, 0) is 37.7 Å². The average Bonchev–Trinajstić information content (AvgIpc) is 2.74. The smallest absolute Gasteiger partial charge is 0.267 e. The number of nitrogens with one attached hydrogen (secondary N) is 1. The molecule has 1 heterocycles. The van der Waals surface area contributed by atoms with Crippen molar-refractivity contribution in [2.45, 2.75) is 13.3 Å². The molecule has 1 amide bonds. The first kappa shape index (κ1) is 13.6. The summed E-state index contributed by atoms with van der Waals surface area (Å²) in [5.41, 5.74) is 6.71. The van der Waals surface area contributed by atoms with E-state index in [1.54, 1.807) is 6.92 Å².